The van der Waals surface area contributed by atoms with E-state index in [0.717, 1.165) is 6.20 Å². The molecule has 0 saturated heterocycles. The average molecular weight is 337 g/mol. The van der Waals surface area contributed by atoms with E-state index in [-0.39, 0.29) is 6.04 Å². The summed E-state index contributed by atoms with van der Waals surface area (Å²) in [6, 6.07) is 1.03. The number of nitrogens with zero attached hydrogens (tertiary/aromatic N) is 1. The third-order valence-corrected chi connectivity index (χ3v) is 4.72. The first-order valence-corrected chi connectivity index (χ1v) is 8.41. The third kappa shape index (κ3) is 5.62. The van der Waals surface area contributed by atoms with Crippen molar-refractivity contribution in [2.45, 2.75) is 44.4 Å². The quantitative estimate of drug-likeness (QED) is 0.613. The van der Waals surface area contributed by atoms with E-state index in [0.29, 0.717) is 30.2 Å². The predicted molar refractivity (Wildman–Crippen MR) is 84.5 cm³/mol. The van der Waals surface area contributed by atoms with Crippen molar-refractivity contribution in [2.75, 3.05) is 13.0 Å². The van der Waals surface area contributed by atoms with Gasteiger partial charge in [-0.2, -0.15) is 0 Å². The van der Waals surface area contributed by atoms with E-state index in [2.05, 4.69) is 9.71 Å². The Morgan fingerprint density at radius 1 is 1.52 bits per heavy atom. The Morgan fingerprint density at radius 2 is 2.19 bits per heavy atom. The van der Waals surface area contributed by atoms with Crippen LogP contribution in [0.15, 0.2) is 12.3 Å². The zero-order chi connectivity index (χ0) is 16.0. The van der Waals surface area contributed by atoms with Crippen molar-refractivity contribution in [2.24, 2.45) is 0 Å². The van der Waals surface area contributed by atoms with Crippen molar-refractivity contribution in [1.82, 2.24) is 9.71 Å². The molecule has 0 saturated carbocycles. The Labute approximate surface area is 133 Å². The van der Waals surface area contributed by atoms with Gasteiger partial charge >= 0.3 is 0 Å². The number of nitrogens with one attached hydrogen (secondary N) is 1. The molecular weight excluding hydrogens is 315 g/mol. The Hall–Kier alpha value is -0.560. The summed E-state index contributed by atoms with van der Waals surface area (Å²) < 4.78 is 33.6. The van der Waals surface area contributed by atoms with E-state index in [1.165, 1.54) is 13.2 Å². The van der Waals surface area contributed by atoms with Crippen molar-refractivity contribution in [3.63, 3.8) is 0 Å². The van der Waals surface area contributed by atoms with Gasteiger partial charge in [-0.3, -0.25) is 0 Å². The Balaban J connectivity index is 3.04. The van der Waals surface area contributed by atoms with Gasteiger partial charge in [-0.15, -0.1) is 16.3 Å². The smallest absolute Gasteiger partial charge is 0.218 e. The number of aromatic nitrogens is 1. The van der Waals surface area contributed by atoms with Crippen LogP contribution in [-0.4, -0.2) is 27.3 Å². The summed E-state index contributed by atoms with van der Waals surface area (Å²) in [4.78, 5) is 3.93. The highest BCUT2D eigenvalue weighted by atomic mass is 35.5. The molecule has 0 bridgehead atoms. The maximum atomic E-state index is 13.5. The fourth-order valence-corrected chi connectivity index (χ4v) is 2.74. The highest BCUT2D eigenvalue weighted by molar-refractivity contribution is 7.90. The lowest BCUT2D eigenvalue weighted by Gasteiger charge is -2.28. The molecule has 0 aliphatic heterocycles. The van der Waals surface area contributed by atoms with Crippen LogP contribution in [0.3, 0.4) is 0 Å². The molecule has 1 N–H and O–H groups in total. The highest BCUT2D eigenvalue weighted by Crippen LogP contribution is 2.29. The third-order valence-electron chi connectivity index (χ3n) is 2.85. The van der Waals surface area contributed by atoms with E-state index in [9.17, 15) is 8.94 Å². The van der Waals surface area contributed by atoms with Gasteiger partial charge in [0.25, 0.3) is 0 Å². The summed E-state index contributed by atoms with van der Waals surface area (Å²) in [5.41, 5.74) is 0.556. The van der Waals surface area contributed by atoms with Crippen molar-refractivity contribution in [3.8, 4) is 5.88 Å². The van der Waals surface area contributed by atoms with E-state index in [4.69, 9.17) is 16.3 Å². The van der Waals surface area contributed by atoms with Crippen LogP contribution in [0.4, 0.5) is 4.39 Å². The lowest BCUT2D eigenvalue weighted by atomic mass is 10.0. The minimum absolute atomic E-state index is 0.328. The number of halogens is 2. The standard InChI is InChI=1S/C14H22ClFN2O2S/c1-14(2,3)21(19)18-12(6-5-7-15)11-8-10(16)9-17-13(11)20-4/h8-9,12,18H,5-7H2,1-4H3/t12?,21-/m1/s1. The number of methoxy groups -OCH3 is 1. The first-order chi connectivity index (χ1) is 9.79. The minimum Gasteiger partial charge on any atom is -0.598 e. The minimum atomic E-state index is -1.29. The summed E-state index contributed by atoms with van der Waals surface area (Å²) in [5.74, 6) is 0.352. The van der Waals surface area contributed by atoms with Gasteiger partial charge in [-0.1, -0.05) is 0 Å². The summed E-state index contributed by atoms with van der Waals surface area (Å²) in [6.45, 7) is 5.61. The maximum Gasteiger partial charge on any atom is 0.218 e. The van der Waals surface area contributed by atoms with Crippen LogP contribution < -0.4 is 9.46 Å². The van der Waals surface area contributed by atoms with Gasteiger partial charge in [-0.25, -0.2) is 9.37 Å². The fourth-order valence-electron chi connectivity index (χ4n) is 1.73. The van der Waals surface area contributed by atoms with Crippen LogP contribution in [0.2, 0.25) is 0 Å². The van der Waals surface area contributed by atoms with Gasteiger partial charge in [-0.05, 0) is 39.7 Å². The van der Waals surface area contributed by atoms with Crippen LogP contribution in [0, 0.1) is 5.82 Å². The van der Waals surface area contributed by atoms with Crippen LogP contribution in [0.25, 0.3) is 0 Å². The number of hydrogen-bond acceptors (Lipinski definition) is 4. The molecule has 0 radical (unpaired) electrons. The summed E-state index contributed by atoms with van der Waals surface area (Å²) >= 11 is 4.45. The molecule has 0 aromatic carbocycles. The van der Waals surface area contributed by atoms with Crippen molar-refractivity contribution < 1.29 is 13.7 Å². The second-order valence-electron chi connectivity index (χ2n) is 5.63. The molecule has 0 amide bonds. The fraction of sp³-hybridized carbons (Fsp3) is 0.643. The molecule has 1 unspecified atom stereocenters. The predicted octanol–water partition coefficient (Wildman–Crippen LogP) is 3.34. The monoisotopic (exact) mass is 336 g/mol. The lowest BCUT2D eigenvalue weighted by Crippen LogP contribution is -2.41. The van der Waals surface area contributed by atoms with Gasteiger partial charge in [0, 0.05) is 22.8 Å². The van der Waals surface area contributed by atoms with E-state index in [1.807, 2.05) is 20.8 Å². The molecule has 2 atom stereocenters. The Kier molecular flexibility index (Phi) is 7.20. The van der Waals surface area contributed by atoms with Gasteiger partial charge in [0.05, 0.1) is 19.3 Å². The normalized spacial score (nSPS) is 14.8. The first-order valence-electron chi connectivity index (χ1n) is 6.73. The second kappa shape index (κ2) is 8.17. The average Bonchev–Trinajstić information content (AvgIpc) is 2.42. The number of hydrogen-bond donors (Lipinski definition) is 1. The molecule has 0 aliphatic carbocycles. The highest BCUT2D eigenvalue weighted by Gasteiger charge is 2.31. The zero-order valence-electron chi connectivity index (χ0n) is 12.8. The molecule has 120 valence electrons. The largest absolute Gasteiger partial charge is 0.598 e. The van der Waals surface area contributed by atoms with Gasteiger partial charge in [0.1, 0.15) is 10.6 Å². The molecule has 1 aromatic rings. The van der Waals surface area contributed by atoms with Crippen molar-refractivity contribution in [3.05, 3.63) is 23.6 Å². The zero-order valence-corrected chi connectivity index (χ0v) is 14.4. The van der Waals surface area contributed by atoms with E-state index in [1.54, 1.807) is 0 Å². The number of alkyl halides is 1. The molecule has 0 spiro atoms. The van der Waals surface area contributed by atoms with Crippen molar-refractivity contribution in [1.29, 1.82) is 0 Å². The molecule has 0 fully saturated rings. The van der Waals surface area contributed by atoms with Crippen LogP contribution >= 0.6 is 11.6 Å². The van der Waals surface area contributed by atoms with Crippen LogP contribution in [0.1, 0.15) is 45.2 Å². The molecule has 7 heteroatoms. The molecule has 1 heterocycles. The van der Waals surface area contributed by atoms with Crippen molar-refractivity contribution >= 4 is 23.0 Å². The lowest BCUT2D eigenvalue weighted by molar-refractivity contribution is 0.381. The van der Waals surface area contributed by atoms with E-state index < -0.39 is 21.9 Å². The summed E-state index contributed by atoms with van der Waals surface area (Å²) in [5, 5.41) is 0. The Morgan fingerprint density at radius 3 is 2.71 bits per heavy atom. The van der Waals surface area contributed by atoms with Gasteiger partial charge < -0.3 is 9.29 Å². The van der Waals surface area contributed by atoms with E-state index >= 15 is 0 Å². The number of ether oxygens (including phenoxy) is 1. The molecule has 21 heavy (non-hydrogen) atoms. The molecule has 4 nitrogen and oxygen atoms in total. The van der Waals surface area contributed by atoms with Gasteiger partial charge in [0.2, 0.25) is 5.88 Å². The van der Waals surface area contributed by atoms with Crippen LogP contribution in [-0.2, 0) is 11.4 Å². The maximum absolute atomic E-state index is 13.5. The first kappa shape index (κ1) is 18.5. The van der Waals surface area contributed by atoms with Gasteiger partial charge in [0.15, 0.2) is 0 Å². The summed E-state index contributed by atoms with van der Waals surface area (Å²) in [6.07, 6.45) is 2.43. The summed E-state index contributed by atoms with van der Waals surface area (Å²) in [7, 11) is 1.48. The molecule has 1 aromatic heterocycles. The van der Waals surface area contributed by atoms with Crippen LogP contribution in [0.5, 0.6) is 5.88 Å². The second-order valence-corrected chi connectivity index (χ2v) is 8.01. The Bertz CT molecular complexity index is 457. The topological polar surface area (TPSA) is 57.2 Å². The molecular formula is C14H22ClFN2O2S. The SMILES string of the molecule is COc1ncc(F)cc1C(CCCCl)N[S@+]([O-])C(C)(C)C. The number of rotatable bonds is 7. The molecule has 1 rings (SSSR count). The molecule has 0 aliphatic rings. The number of pyridine rings is 1.